The van der Waals surface area contributed by atoms with E-state index in [2.05, 4.69) is 46.3 Å². The summed E-state index contributed by atoms with van der Waals surface area (Å²) in [4.78, 5) is 22.7. The average Bonchev–Trinajstić information content (AvgIpc) is 3.29. The number of hydrogen-bond donors (Lipinski definition) is 0. The molecule has 0 saturated carbocycles. The van der Waals surface area contributed by atoms with Crippen LogP contribution in [0.5, 0.6) is 0 Å². The first kappa shape index (κ1) is 16.4. The molecule has 6 nitrogen and oxygen atoms in total. The van der Waals surface area contributed by atoms with Gasteiger partial charge in [0.15, 0.2) is 0 Å². The maximum Gasteiger partial charge on any atom is 0.232 e. The summed E-state index contributed by atoms with van der Waals surface area (Å²) in [6.07, 6.45) is 4.66. The van der Waals surface area contributed by atoms with Gasteiger partial charge in [-0.2, -0.15) is 4.98 Å². The number of rotatable bonds is 5. The van der Waals surface area contributed by atoms with Gasteiger partial charge in [-0.25, -0.2) is 0 Å². The van der Waals surface area contributed by atoms with E-state index in [1.807, 2.05) is 17.0 Å². The minimum Gasteiger partial charge on any atom is -0.342 e. The van der Waals surface area contributed by atoms with Gasteiger partial charge >= 0.3 is 0 Å². The van der Waals surface area contributed by atoms with E-state index < -0.39 is 0 Å². The highest BCUT2D eigenvalue weighted by atomic mass is 16.5. The van der Waals surface area contributed by atoms with Crippen LogP contribution in [-0.4, -0.2) is 39.0 Å². The zero-order chi connectivity index (χ0) is 17.9. The van der Waals surface area contributed by atoms with Crippen LogP contribution in [0.1, 0.15) is 29.4 Å². The van der Waals surface area contributed by atoms with Crippen molar-refractivity contribution in [3.05, 3.63) is 65.8 Å². The fourth-order valence-corrected chi connectivity index (χ4v) is 3.19. The smallest absolute Gasteiger partial charge is 0.232 e. The van der Waals surface area contributed by atoms with E-state index in [9.17, 15) is 4.79 Å². The highest BCUT2D eigenvalue weighted by molar-refractivity contribution is 5.79. The number of aromatic nitrogens is 3. The third-order valence-corrected chi connectivity index (χ3v) is 4.73. The third-order valence-electron chi connectivity index (χ3n) is 4.73. The average molecular weight is 348 g/mol. The van der Waals surface area contributed by atoms with Gasteiger partial charge < -0.3 is 9.42 Å². The van der Waals surface area contributed by atoms with Crippen molar-refractivity contribution >= 4 is 5.91 Å². The van der Waals surface area contributed by atoms with Crippen molar-refractivity contribution in [1.29, 1.82) is 0 Å². The van der Waals surface area contributed by atoms with E-state index >= 15 is 0 Å². The molecule has 0 radical (unpaired) electrons. The molecule has 1 aliphatic rings. The number of likely N-dealkylation sites (tertiary alicyclic amines) is 1. The first-order valence-electron chi connectivity index (χ1n) is 8.76. The van der Waals surface area contributed by atoms with Crippen LogP contribution < -0.4 is 0 Å². The molecule has 4 rings (SSSR count). The summed E-state index contributed by atoms with van der Waals surface area (Å²) in [5.74, 6) is 1.17. The molecule has 1 aromatic carbocycles. The lowest BCUT2D eigenvalue weighted by Crippen LogP contribution is -2.27. The van der Waals surface area contributed by atoms with Crippen LogP contribution in [0.3, 0.4) is 0 Å². The highest BCUT2D eigenvalue weighted by Gasteiger charge is 2.34. The summed E-state index contributed by atoms with van der Waals surface area (Å²) < 4.78 is 5.42. The number of hydrogen-bond acceptors (Lipinski definition) is 5. The second kappa shape index (κ2) is 7.07. The molecule has 1 unspecified atom stereocenters. The zero-order valence-corrected chi connectivity index (χ0v) is 14.6. The predicted molar refractivity (Wildman–Crippen MR) is 96.4 cm³/mol. The van der Waals surface area contributed by atoms with E-state index in [4.69, 9.17) is 4.52 Å². The van der Waals surface area contributed by atoms with Gasteiger partial charge in [0.2, 0.25) is 17.6 Å². The SMILES string of the molecule is Cc1ccc(CCN2CC(c3nc(-c4ccncc4)no3)CC2=O)cc1. The Morgan fingerprint density at radius 3 is 2.69 bits per heavy atom. The van der Waals surface area contributed by atoms with Crippen molar-refractivity contribution in [2.75, 3.05) is 13.1 Å². The van der Waals surface area contributed by atoms with Gasteiger partial charge in [0, 0.05) is 37.5 Å². The van der Waals surface area contributed by atoms with Gasteiger partial charge in [0.05, 0.1) is 5.92 Å². The molecule has 1 saturated heterocycles. The molecule has 0 aliphatic carbocycles. The van der Waals surface area contributed by atoms with Gasteiger partial charge in [-0.3, -0.25) is 9.78 Å². The fraction of sp³-hybridized carbons (Fsp3) is 0.300. The van der Waals surface area contributed by atoms with Crippen molar-refractivity contribution in [2.24, 2.45) is 0 Å². The normalized spacial score (nSPS) is 17.0. The molecule has 1 amide bonds. The van der Waals surface area contributed by atoms with E-state index in [0.717, 1.165) is 12.0 Å². The summed E-state index contributed by atoms with van der Waals surface area (Å²) in [5, 5.41) is 4.04. The molecule has 2 aromatic heterocycles. The van der Waals surface area contributed by atoms with Crippen LogP contribution in [-0.2, 0) is 11.2 Å². The Morgan fingerprint density at radius 1 is 1.15 bits per heavy atom. The predicted octanol–water partition coefficient (Wildman–Crippen LogP) is 3.00. The molecule has 26 heavy (non-hydrogen) atoms. The second-order valence-corrected chi connectivity index (χ2v) is 6.67. The number of aryl methyl sites for hydroxylation is 1. The molecule has 132 valence electrons. The first-order valence-corrected chi connectivity index (χ1v) is 8.76. The summed E-state index contributed by atoms with van der Waals surface area (Å²) in [5.41, 5.74) is 3.34. The molecule has 0 N–H and O–H groups in total. The summed E-state index contributed by atoms with van der Waals surface area (Å²) >= 11 is 0. The monoisotopic (exact) mass is 348 g/mol. The number of nitrogens with zero attached hydrogens (tertiary/aromatic N) is 4. The van der Waals surface area contributed by atoms with Crippen molar-refractivity contribution in [3.63, 3.8) is 0 Å². The molecule has 3 heterocycles. The molecule has 0 spiro atoms. The number of pyridine rings is 1. The van der Waals surface area contributed by atoms with Crippen molar-refractivity contribution in [2.45, 2.75) is 25.7 Å². The number of carbonyl (C=O) groups excluding carboxylic acids is 1. The Hall–Kier alpha value is -3.02. The summed E-state index contributed by atoms with van der Waals surface area (Å²) in [6.45, 7) is 3.41. The fourth-order valence-electron chi connectivity index (χ4n) is 3.19. The Bertz CT molecular complexity index is 890. The quantitative estimate of drug-likeness (QED) is 0.709. The van der Waals surface area contributed by atoms with Crippen molar-refractivity contribution < 1.29 is 9.32 Å². The molecule has 0 bridgehead atoms. The van der Waals surface area contributed by atoms with Crippen LogP contribution in [0.2, 0.25) is 0 Å². The Kier molecular flexibility index (Phi) is 4.48. The van der Waals surface area contributed by atoms with Crippen LogP contribution in [0.15, 0.2) is 53.3 Å². The molecule has 1 aliphatic heterocycles. The lowest BCUT2D eigenvalue weighted by molar-refractivity contribution is -0.127. The van der Waals surface area contributed by atoms with Gasteiger partial charge in [0.1, 0.15) is 0 Å². The van der Waals surface area contributed by atoms with Gasteiger partial charge in [-0.1, -0.05) is 35.0 Å². The van der Waals surface area contributed by atoms with Gasteiger partial charge in [-0.15, -0.1) is 0 Å². The first-order chi connectivity index (χ1) is 12.7. The standard InChI is InChI=1S/C20H20N4O2/c1-14-2-4-15(5-3-14)8-11-24-13-17(12-18(24)25)20-22-19(23-26-20)16-6-9-21-10-7-16/h2-7,9-10,17H,8,11-13H2,1H3. The minimum absolute atomic E-state index is 0.0383. The summed E-state index contributed by atoms with van der Waals surface area (Å²) in [6, 6.07) is 12.1. The van der Waals surface area contributed by atoms with Gasteiger partial charge in [-0.05, 0) is 31.0 Å². The third kappa shape index (κ3) is 3.49. The molecular formula is C20H20N4O2. The number of carbonyl (C=O) groups is 1. The number of amides is 1. The van der Waals surface area contributed by atoms with E-state index in [-0.39, 0.29) is 11.8 Å². The molecule has 3 aromatic rings. The maximum absolute atomic E-state index is 12.3. The topological polar surface area (TPSA) is 72.1 Å². The van der Waals surface area contributed by atoms with Crippen molar-refractivity contribution in [3.8, 4) is 11.4 Å². The van der Waals surface area contributed by atoms with E-state index in [1.165, 1.54) is 11.1 Å². The largest absolute Gasteiger partial charge is 0.342 e. The Labute approximate surface area is 151 Å². The van der Waals surface area contributed by atoms with Crippen LogP contribution >= 0.6 is 0 Å². The molecule has 6 heteroatoms. The van der Waals surface area contributed by atoms with Crippen molar-refractivity contribution in [1.82, 2.24) is 20.0 Å². The summed E-state index contributed by atoms with van der Waals surface area (Å²) in [7, 11) is 0. The van der Waals surface area contributed by atoms with Crippen LogP contribution in [0, 0.1) is 6.92 Å². The van der Waals surface area contributed by atoms with E-state index in [0.29, 0.717) is 31.2 Å². The Balaban J connectivity index is 1.40. The lowest BCUT2D eigenvalue weighted by Gasteiger charge is -2.15. The molecular weight excluding hydrogens is 328 g/mol. The molecule has 1 fully saturated rings. The van der Waals surface area contributed by atoms with Crippen LogP contribution in [0.4, 0.5) is 0 Å². The minimum atomic E-state index is -0.0383. The highest BCUT2D eigenvalue weighted by Crippen LogP contribution is 2.28. The number of benzene rings is 1. The lowest BCUT2D eigenvalue weighted by atomic mass is 10.1. The Morgan fingerprint density at radius 2 is 1.92 bits per heavy atom. The molecule has 1 atom stereocenters. The maximum atomic E-state index is 12.3. The zero-order valence-electron chi connectivity index (χ0n) is 14.6. The van der Waals surface area contributed by atoms with E-state index in [1.54, 1.807) is 12.4 Å². The van der Waals surface area contributed by atoms with Crippen LogP contribution in [0.25, 0.3) is 11.4 Å². The second-order valence-electron chi connectivity index (χ2n) is 6.67. The van der Waals surface area contributed by atoms with Gasteiger partial charge in [0.25, 0.3) is 0 Å².